The number of esters is 1. The van der Waals surface area contributed by atoms with Gasteiger partial charge in [-0.3, -0.25) is 21.6 Å². The van der Waals surface area contributed by atoms with Crippen LogP contribution < -0.4 is 22.9 Å². The first-order valence-corrected chi connectivity index (χ1v) is 51.6. The third kappa shape index (κ3) is 21.3. The maximum Gasteiger partial charge on any atom is 0.309 e. The quantitative estimate of drug-likeness (QED) is 0.0168. The standard InChI is InChI=1S/C23H23N3O3S3.C23H25N3O3S3.C22H23N3O2S3.C18H18ClN5OS3/c1-3-4-11-32(28)23-20(24)19-16(15-7-5-14(6-8-15)12-18(27)29-2)13-17(26-22(19)31-23)21-25-9-10-30-21;1-2-3-12-32(28)23-20(24)19-17(16-6-4-15(5-7-16)14-29-10-9-27)13-18(26-22(19)31-23)21-25-8-11-30-21;1-2-3-12-30(27)22-19(23)18-16(15-6-4-14(5-7-15)8-10-26)13-17(25-21(18)29-22)20-24-9-11-28-20;1-3-4-7-28(25)17-14(20)13-10(12-9-22-18(19)24(12)2)8-11(23-16(13)27-17)15-21-5-6-26-15/h5-10,13H,3-4,11-12,24H2,1-2H3;4-8,11,13,27H,2-3,9-10,12,14,24H2,1H3;4-7,9,11,13,26H,2-3,8,10,12,23H2,1H3;5-6,8-9H,3-4,7,20H2,1-2H3. The number of thiophene rings is 4. The number of anilines is 4. The number of fused-ring (bicyclic) bond motifs is 4. The fraction of sp³-hybridized carbons (Fsp3) is 0.279. The molecule has 0 aliphatic rings. The highest BCUT2D eigenvalue weighted by atomic mass is 35.5. The van der Waals surface area contributed by atoms with Gasteiger partial charge in [-0.1, -0.05) is 126 Å². The summed E-state index contributed by atoms with van der Waals surface area (Å²) in [5, 5.41) is 32.8. The molecule has 0 saturated heterocycles. The number of nitrogens with zero attached hydrogens (tertiary/aromatic N) is 10. The summed E-state index contributed by atoms with van der Waals surface area (Å²) in [6.07, 6.45) is 17.1. The van der Waals surface area contributed by atoms with Crippen molar-refractivity contribution in [2.75, 3.05) is 72.9 Å². The third-order valence-corrected chi connectivity index (χ3v) is 34.8. The molecule has 4 atom stereocenters. The minimum Gasteiger partial charge on any atom is -0.469 e. The van der Waals surface area contributed by atoms with E-state index < -0.39 is 43.2 Å². The Morgan fingerprint density at radius 2 is 0.770 bits per heavy atom. The molecule has 0 bridgehead atoms. The smallest absolute Gasteiger partial charge is 0.309 e. The van der Waals surface area contributed by atoms with E-state index in [1.54, 1.807) is 35.6 Å². The molecule has 36 heteroatoms. The molecule has 16 aromatic rings. The lowest BCUT2D eigenvalue weighted by molar-refractivity contribution is -0.139. The summed E-state index contributed by atoms with van der Waals surface area (Å²) in [5.41, 5.74) is 41.8. The molecule has 13 aromatic heterocycles. The Bertz CT molecular complexity index is 6340. The zero-order chi connectivity index (χ0) is 86.1. The Balaban J connectivity index is 0.000000140. The summed E-state index contributed by atoms with van der Waals surface area (Å²) >= 11 is 17.9. The Morgan fingerprint density at radius 1 is 0.451 bits per heavy atom. The van der Waals surface area contributed by atoms with Gasteiger partial charge in [0.05, 0.1) is 111 Å². The van der Waals surface area contributed by atoms with Crippen LogP contribution >= 0.6 is 102 Å². The number of aliphatic hydroxyl groups is 2. The second-order valence-corrected chi connectivity index (χ2v) is 42.7. The fourth-order valence-corrected chi connectivity index (χ4v) is 26.7. The molecule has 0 radical (unpaired) electrons. The summed E-state index contributed by atoms with van der Waals surface area (Å²) in [4.78, 5) is 55.7. The zero-order valence-corrected chi connectivity index (χ0v) is 78.0. The second kappa shape index (κ2) is 43.3. The van der Waals surface area contributed by atoms with Gasteiger partial charge in [-0.2, -0.15) is 0 Å². The van der Waals surface area contributed by atoms with Crippen molar-refractivity contribution in [2.24, 2.45) is 7.05 Å². The minimum absolute atomic E-state index is 0.00596. The number of benzene rings is 3. The van der Waals surface area contributed by atoms with Crippen molar-refractivity contribution >= 4 is 215 Å². The normalized spacial score (nSPS) is 12.4. The number of halogens is 1. The van der Waals surface area contributed by atoms with Gasteiger partial charge in [0.15, 0.2) is 0 Å². The molecule has 0 fully saturated rings. The number of rotatable bonds is 32. The maximum atomic E-state index is 12.9. The van der Waals surface area contributed by atoms with Gasteiger partial charge in [-0.25, -0.2) is 44.9 Å². The van der Waals surface area contributed by atoms with Crippen LogP contribution in [-0.2, 0) is 84.0 Å². The number of nitrogens with two attached hydrogens (primary N) is 4. The molecule has 3 aromatic carbocycles. The first-order chi connectivity index (χ1) is 59.3. The number of imidazole rings is 1. The third-order valence-electron chi connectivity index (χ3n) is 19.3. The Morgan fingerprint density at radius 3 is 1.06 bits per heavy atom. The number of pyridine rings is 4. The highest BCUT2D eigenvalue weighted by Gasteiger charge is 2.28. The molecule has 636 valence electrons. The molecular formula is C86H89ClN14O9S12. The molecule has 4 unspecified atom stereocenters. The first-order valence-electron chi connectivity index (χ1n) is 39.1. The number of hydrogen-bond donors (Lipinski definition) is 6. The Hall–Kier alpha value is -8.73. The largest absolute Gasteiger partial charge is 0.469 e. The van der Waals surface area contributed by atoms with Gasteiger partial charge < -0.3 is 47.2 Å². The SMILES string of the molecule is CCCCS(=O)c1sc2nc(-c3nccs3)cc(-c3ccc(CC(=O)OC)cc3)c2c1N.CCCCS(=O)c1sc2nc(-c3nccs3)cc(-c3ccc(CCO)cc3)c2c1N.CCCCS(=O)c1sc2nc(-c3nccs3)cc(-c3ccc(COCCO)cc3)c2c1N.CCCCS(=O)c1sc2nc(-c3nccs3)cc(-c3cnc(Cl)n3C)c2c1N. The number of aromatic nitrogens is 10. The van der Waals surface area contributed by atoms with Gasteiger partial charge in [0, 0.05) is 110 Å². The van der Waals surface area contributed by atoms with Crippen LogP contribution in [0.5, 0.6) is 0 Å². The van der Waals surface area contributed by atoms with Crippen LogP contribution in [0.25, 0.3) is 128 Å². The lowest BCUT2D eigenvalue weighted by atomic mass is 10.00. The summed E-state index contributed by atoms with van der Waals surface area (Å²) in [6.45, 7) is 9.22. The monoisotopic (exact) mass is 1880 g/mol. The number of unbranched alkanes of at least 4 members (excludes halogenated alkanes) is 4. The Kier molecular flexibility index (Phi) is 32.3. The highest BCUT2D eigenvalue weighted by molar-refractivity contribution is 7.88. The first kappa shape index (κ1) is 91.0. The number of nitrogen functional groups attached to an aromatic ring is 4. The molecule has 0 spiro atoms. The van der Waals surface area contributed by atoms with Gasteiger partial charge in [-0.15, -0.1) is 90.7 Å². The summed E-state index contributed by atoms with van der Waals surface area (Å²) < 4.78 is 66.2. The number of ether oxygens (including phenoxy) is 2. The fourth-order valence-electron chi connectivity index (χ4n) is 13.0. The van der Waals surface area contributed by atoms with E-state index in [1.165, 1.54) is 97.8 Å². The van der Waals surface area contributed by atoms with Crippen LogP contribution in [0.15, 0.2) is 166 Å². The topological polar surface area (TPSA) is 369 Å². The molecule has 122 heavy (non-hydrogen) atoms. The number of methoxy groups -OCH3 is 1. The molecule has 13 heterocycles. The molecule has 0 amide bonds. The van der Waals surface area contributed by atoms with Crippen molar-refractivity contribution in [1.82, 2.24) is 49.4 Å². The molecule has 16 rings (SSSR count). The van der Waals surface area contributed by atoms with E-state index in [0.717, 1.165) is 196 Å². The Labute approximate surface area is 753 Å². The van der Waals surface area contributed by atoms with Crippen molar-refractivity contribution in [1.29, 1.82) is 0 Å². The van der Waals surface area contributed by atoms with Gasteiger partial charge in [0.1, 0.15) is 79.0 Å². The maximum absolute atomic E-state index is 12.9. The van der Waals surface area contributed by atoms with E-state index in [-0.39, 0.29) is 25.6 Å². The van der Waals surface area contributed by atoms with E-state index >= 15 is 0 Å². The van der Waals surface area contributed by atoms with E-state index in [1.807, 2.05) is 126 Å². The molecule has 23 nitrogen and oxygen atoms in total. The van der Waals surface area contributed by atoms with Gasteiger partial charge >= 0.3 is 5.97 Å². The highest BCUT2D eigenvalue weighted by Crippen LogP contribution is 2.48. The average Bonchev–Trinajstić information content (AvgIpc) is 1.62. The minimum atomic E-state index is -1.16. The number of carbonyl (C=O) groups is 1. The van der Waals surface area contributed by atoms with Crippen molar-refractivity contribution in [3.05, 3.63) is 172 Å². The van der Waals surface area contributed by atoms with Crippen LogP contribution in [0.2, 0.25) is 5.28 Å². The predicted octanol–water partition coefficient (Wildman–Crippen LogP) is 20.5. The van der Waals surface area contributed by atoms with E-state index in [2.05, 4.69) is 52.6 Å². The van der Waals surface area contributed by atoms with Crippen LogP contribution in [0.3, 0.4) is 0 Å². The average molecular weight is 1880 g/mol. The van der Waals surface area contributed by atoms with Crippen LogP contribution in [0.1, 0.15) is 95.8 Å². The zero-order valence-electron chi connectivity index (χ0n) is 67.5. The molecule has 0 aliphatic heterocycles. The van der Waals surface area contributed by atoms with Gasteiger partial charge in [-0.05, 0) is 118 Å². The van der Waals surface area contributed by atoms with E-state index in [4.69, 9.17) is 69.1 Å². The van der Waals surface area contributed by atoms with Crippen molar-refractivity contribution in [2.45, 2.75) is 115 Å². The lowest BCUT2D eigenvalue weighted by Gasteiger charge is -2.09. The molecular weight excluding hydrogens is 1790 g/mol. The number of thiazole rings is 4. The number of carbonyl (C=O) groups excluding carboxylic acids is 1. The van der Waals surface area contributed by atoms with E-state index in [0.29, 0.717) is 87.5 Å². The second-order valence-electron chi connectivity index (χ2n) is 27.7. The van der Waals surface area contributed by atoms with E-state index in [9.17, 15) is 26.7 Å². The van der Waals surface area contributed by atoms with Crippen LogP contribution in [0, 0.1) is 0 Å². The summed E-state index contributed by atoms with van der Waals surface area (Å²) in [5.74, 6) is 2.11. The van der Waals surface area contributed by atoms with Gasteiger partial charge in [0.2, 0.25) is 5.28 Å². The van der Waals surface area contributed by atoms with Crippen LogP contribution in [0.4, 0.5) is 22.7 Å². The van der Waals surface area contributed by atoms with Gasteiger partial charge in [0.25, 0.3) is 0 Å². The summed E-state index contributed by atoms with van der Waals surface area (Å²) in [6, 6.07) is 31.9. The molecule has 0 aliphatic carbocycles. The van der Waals surface area contributed by atoms with Crippen molar-refractivity contribution in [3.63, 3.8) is 0 Å². The number of hydrogen-bond acceptors (Lipinski definition) is 30. The van der Waals surface area contributed by atoms with Crippen LogP contribution in [-0.4, -0.2) is 132 Å². The molecule has 0 saturated carbocycles. The lowest BCUT2D eigenvalue weighted by Crippen LogP contribution is -2.04. The van der Waals surface area contributed by atoms with Crippen molar-refractivity contribution < 1.29 is 41.3 Å². The number of aliphatic hydroxyl groups excluding tert-OH is 2. The molecule has 10 N–H and O–H groups in total. The van der Waals surface area contributed by atoms with Crippen molar-refractivity contribution in [3.8, 4) is 87.4 Å². The summed E-state index contributed by atoms with van der Waals surface area (Å²) in [7, 11) is -1.34. The predicted molar refractivity (Wildman–Crippen MR) is 512 cm³/mol.